The van der Waals surface area contributed by atoms with Crippen molar-refractivity contribution in [3.8, 4) is 0 Å². The van der Waals surface area contributed by atoms with Crippen LogP contribution in [0.25, 0.3) is 0 Å². The van der Waals surface area contributed by atoms with E-state index in [0.29, 0.717) is 18.8 Å². The third kappa shape index (κ3) is 3.01. The summed E-state index contributed by atoms with van der Waals surface area (Å²) in [5.41, 5.74) is 0.0611. The van der Waals surface area contributed by atoms with E-state index in [1.165, 1.54) is 16.8 Å². The van der Waals surface area contributed by atoms with Crippen molar-refractivity contribution in [1.82, 2.24) is 29.4 Å². The zero-order valence-corrected chi connectivity index (χ0v) is 13.6. The summed E-state index contributed by atoms with van der Waals surface area (Å²) in [7, 11) is 1.54. The van der Waals surface area contributed by atoms with Gasteiger partial charge in [-0.25, -0.2) is 14.3 Å². The zero-order valence-electron chi connectivity index (χ0n) is 13.6. The van der Waals surface area contributed by atoms with E-state index in [-0.39, 0.29) is 17.5 Å². The summed E-state index contributed by atoms with van der Waals surface area (Å²) in [6.45, 7) is 5.05. The highest BCUT2D eigenvalue weighted by molar-refractivity contribution is 5.92. The van der Waals surface area contributed by atoms with Crippen LogP contribution in [0, 0.1) is 13.8 Å². The Morgan fingerprint density at radius 2 is 2.04 bits per heavy atom. The average Bonchev–Trinajstić information content (AvgIpc) is 2.88. The van der Waals surface area contributed by atoms with Crippen LogP contribution in [-0.4, -0.2) is 48.4 Å². The molecule has 1 aliphatic rings. The maximum absolute atomic E-state index is 12.6. The fourth-order valence-corrected chi connectivity index (χ4v) is 3.00. The number of aromatic nitrogens is 5. The lowest BCUT2D eigenvalue weighted by Crippen LogP contribution is -2.42. The number of amides is 1. The van der Waals surface area contributed by atoms with Gasteiger partial charge in [-0.05, 0) is 32.8 Å². The molecule has 8 heteroatoms. The van der Waals surface area contributed by atoms with Gasteiger partial charge in [0.15, 0.2) is 0 Å². The number of piperidine rings is 1. The monoisotopic (exact) mass is 316 g/mol. The molecule has 0 aliphatic carbocycles. The van der Waals surface area contributed by atoms with E-state index in [4.69, 9.17) is 0 Å². The van der Waals surface area contributed by atoms with Crippen molar-refractivity contribution in [3.63, 3.8) is 0 Å². The normalized spacial score (nSPS) is 18.2. The Bertz CT molecular complexity index is 794. The maximum atomic E-state index is 12.6. The number of hydrogen-bond donors (Lipinski definition) is 0. The summed E-state index contributed by atoms with van der Waals surface area (Å²) in [5.74, 6) is 1.45. The second-order valence-electron chi connectivity index (χ2n) is 5.88. The molecule has 0 bridgehead atoms. The van der Waals surface area contributed by atoms with Gasteiger partial charge in [-0.3, -0.25) is 9.59 Å². The third-order valence-corrected chi connectivity index (χ3v) is 4.12. The van der Waals surface area contributed by atoms with E-state index < -0.39 is 0 Å². The average molecular weight is 316 g/mol. The first-order valence-electron chi connectivity index (χ1n) is 7.69. The highest BCUT2D eigenvalue weighted by Crippen LogP contribution is 2.23. The van der Waals surface area contributed by atoms with Crippen molar-refractivity contribution in [3.05, 3.63) is 39.8 Å². The van der Waals surface area contributed by atoms with E-state index in [0.717, 1.165) is 24.5 Å². The standard InChI is InChI=1S/C15H20N6O2/c1-10-16-11(2)21(17-10)12-5-4-8-20(9-12)15(23)13-6-7-14(22)19(3)18-13/h6-7,12H,4-5,8-9H2,1-3H3/t12-/m0/s1. The van der Waals surface area contributed by atoms with E-state index in [9.17, 15) is 9.59 Å². The van der Waals surface area contributed by atoms with E-state index in [1.54, 1.807) is 11.9 Å². The first-order valence-corrected chi connectivity index (χ1v) is 7.69. The molecule has 0 unspecified atom stereocenters. The number of carbonyl (C=O) groups excluding carboxylic acids is 1. The lowest BCUT2D eigenvalue weighted by molar-refractivity contribution is 0.0662. The molecule has 1 saturated heterocycles. The first-order chi connectivity index (χ1) is 11.0. The summed E-state index contributed by atoms with van der Waals surface area (Å²) in [5, 5.41) is 8.48. The number of likely N-dealkylation sites (tertiary alicyclic amines) is 1. The fraction of sp³-hybridized carbons (Fsp3) is 0.533. The predicted molar refractivity (Wildman–Crippen MR) is 83.1 cm³/mol. The minimum absolute atomic E-state index is 0.126. The molecule has 8 nitrogen and oxygen atoms in total. The minimum atomic E-state index is -0.230. The Labute approximate surface area is 133 Å². The van der Waals surface area contributed by atoms with Gasteiger partial charge in [-0.1, -0.05) is 0 Å². The maximum Gasteiger partial charge on any atom is 0.274 e. The molecule has 1 aliphatic heterocycles. The highest BCUT2D eigenvalue weighted by Gasteiger charge is 2.28. The van der Waals surface area contributed by atoms with Gasteiger partial charge in [-0.2, -0.15) is 10.2 Å². The number of carbonyl (C=O) groups is 1. The Morgan fingerprint density at radius 3 is 2.70 bits per heavy atom. The molecular formula is C15H20N6O2. The van der Waals surface area contributed by atoms with Crippen LogP contribution in [0.1, 0.15) is 41.0 Å². The van der Waals surface area contributed by atoms with Crippen molar-refractivity contribution >= 4 is 5.91 Å². The lowest BCUT2D eigenvalue weighted by atomic mass is 10.1. The first kappa shape index (κ1) is 15.4. The number of hydrogen-bond acceptors (Lipinski definition) is 5. The van der Waals surface area contributed by atoms with Gasteiger partial charge in [0, 0.05) is 26.2 Å². The van der Waals surface area contributed by atoms with Gasteiger partial charge < -0.3 is 4.90 Å². The highest BCUT2D eigenvalue weighted by atomic mass is 16.2. The van der Waals surface area contributed by atoms with Crippen LogP contribution < -0.4 is 5.56 Å². The Balaban J connectivity index is 1.80. The van der Waals surface area contributed by atoms with Crippen LogP contribution in [0.5, 0.6) is 0 Å². The van der Waals surface area contributed by atoms with Crippen molar-refractivity contribution in [2.45, 2.75) is 32.7 Å². The van der Waals surface area contributed by atoms with Crippen LogP contribution >= 0.6 is 0 Å². The third-order valence-electron chi connectivity index (χ3n) is 4.12. The van der Waals surface area contributed by atoms with Gasteiger partial charge in [-0.15, -0.1) is 0 Å². The topological polar surface area (TPSA) is 85.9 Å². The van der Waals surface area contributed by atoms with Gasteiger partial charge in [0.25, 0.3) is 11.5 Å². The van der Waals surface area contributed by atoms with Gasteiger partial charge in [0.1, 0.15) is 17.3 Å². The number of aryl methyl sites for hydroxylation is 3. The van der Waals surface area contributed by atoms with Crippen molar-refractivity contribution in [2.75, 3.05) is 13.1 Å². The second kappa shape index (κ2) is 5.94. The molecule has 0 aromatic carbocycles. The van der Waals surface area contributed by atoms with Crippen LogP contribution in [0.3, 0.4) is 0 Å². The van der Waals surface area contributed by atoms with Crippen LogP contribution in [0.4, 0.5) is 0 Å². The molecule has 2 aromatic heterocycles. The summed E-state index contributed by atoms with van der Waals surface area (Å²) >= 11 is 0. The largest absolute Gasteiger partial charge is 0.335 e. The Hall–Kier alpha value is -2.51. The fourth-order valence-electron chi connectivity index (χ4n) is 3.00. The van der Waals surface area contributed by atoms with Gasteiger partial charge >= 0.3 is 0 Å². The van der Waals surface area contributed by atoms with E-state index >= 15 is 0 Å². The Kier molecular flexibility index (Phi) is 3.97. The van der Waals surface area contributed by atoms with Crippen molar-refractivity contribution in [2.24, 2.45) is 7.05 Å². The molecule has 0 radical (unpaired) electrons. The summed E-state index contributed by atoms with van der Waals surface area (Å²) in [6, 6.07) is 2.98. The SMILES string of the molecule is Cc1nc(C)n([C@H]2CCCN(C(=O)c3ccc(=O)n(C)n3)C2)n1. The summed E-state index contributed by atoms with van der Waals surface area (Å²) in [6.07, 6.45) is 1.87. The zero-order chi connectivity index (χ0) is 16.6. The molecule has 23 heavy (non-hydrogen) atoms. The number of nitrogens with zero attached hydrogens (tertiary/aromatic N) is 6. The van der Waals surface area contributed by atoms with Crippen molar-refractivity contribution < 1.29 is 4.79 Å². The molecule has 122 valence electrons. The molecule has 1 amide bonds. The molecule has 0 N–H and O–H groups in total. The van der Waals surface area contributed by atoms with E-state index in [1.807, 2.05) is 18.5 Å². The molecule has 0 spiro atoms. The van der Waals surface area contributed by atoms with E-state index in [2.05, 4.69) is 15.2 Å². The molecule has 3 rings (SSSR count). The summed E-state index contributed by atoms with van der Waals surface area (Å²) in [4.78, 5) is 30.1. The van der Waals surface area contributed by atoms with Crippen LogP contribution in [-0.2, 0) is 7.05 Å². The quantitative estimate of drug-likeness (QED) is 0.804. The summed E-state index contributed by atoms with van der Waals surface area (Å²) < 4.78 is 3.09. The van der Waals surface area contributed by atoms with Crippen molar-refractivity contribution in [1.29, 1.82) is 0 Å². The molecule has 1 fully saturated rings. The van der Waals surface area contributed by atoms with Gasteiger partial charge in [0.2, 0.25) is 0 Å². The minimum Gasteiger partial charge on any atom is -0.335 e. The molecule has 3 heterocycles. The second-order valence-corrected chi connectivity index (χ2v) is 5.88. The predicted octanol–water partition coefficient (Wildman–Crippen LogP) is 0.466. The molecule has 2 aromatic rings. The number of rotatable bonds is 2. The molecule has 0 saturated carbocycles. The van der Waals surface area contributed by atoms with Crippen LogP contribution in [0.2, 0.25) is 0 Å². The van der Waals surface area contributed by atoms with Gasteiger partial charge in [0.05, 0.1) is 6.04 Å². The smallest absolute Gasteiger partial charge is 0.274 e. The Morgan fingerprint density at radius 1 is 1.26 bits per heavy atom. The lowest BCUT2D eigenvalue weighted by Gasteiger charge is -2.32. The van der Waals surface area contributed by atoms with Crippen LogP contribution in [0.15, 0.2) is 16.9 Å². The molecular weight excluding hydrogens is 296 g/mol. The molecule has 1 atom stereocenters.